The normalized spacial score (nSPS) is 11.2. The Balaban J connectivity index is 2.39. The second-order valence-electron chi connectivity index (χ2n) is 3.81. The van der Waals surface area contributed by atoms with Crippen LogP contribution >= 0.6 is 0 Å². The van der Waals surface area contributed by atoms with E-state index in [2.05, 4.69) is 20.6 Å². The van der Waals surface area contributed by atoms with Crippen molar-refractivity contribution < 1.29 is 17.6 Å². The number of hydrogen-bond donors (Lipinski definition) is 2. The molecule has 0 aliphatic carbocycles. The average Bonchev–Trinajstić information content (AvgIpc) is 2.40. The van der Waals surface area contributed by atoms with Gasteiger partial charge in [0.15, 0.2) is 5.69 Å². The number of rotatable bonds is 3. The maximum atomic E-state index is 13.4. The summed E-state index contributed by atoms with van der Waals surface area (Å²) in [6.45, 7) is 0. The maximum absolute atomic E-state index is 13.4. The first-order chi connectivity index (χ1) is 9.40. The van der Waals surface area contributed by atoms with Gasteiger partial charge in [-0.3, -0.25) is 0 Å². The van der Waals surface area contributed by atoms with Crippen molar-refractivity contribution in [1.82, 2.24) is 9.97 Å². The number of nitrogens with one attached hydrogen (secondary N) is 2. The third-order valence-corrected chi connectivity index (χ3v) is 2.38. The summed E-state index contributed by atoms with van der Waals surface area (Å²) in [5.41, 5.74) is -1.09. The highest BCUT2D eigenvalue weighted by Gasteiger charge is 2.33. The zero-order valence-electron chi connectivity index (χ0n) is 10.3. The van der Waals surface area contributed by atoms with Crippen molar-refractivity contribution in [1.29, 1.82) is 0 Å². The minimum absolute atomic E-state index is 0.0291. The first-order valence-electron chi connectivity index (χ1n) is 5.56. The lowest BCUT2D eigenvalue weighted by molar-refractivity contribution is -0.141. The van der Waals surface area contributed by atoms with Crippen LogP contribution in [0.4, 0.5) is 35.0 Å². The van der Waals surface area contributed by atoms with Crippen LogP contribution in [0, 0.1) is 5.82 Å². The van der Waals surface area contributed by atoms with Gasteiger partial charge in [-0.25, -0.2) is 9.37 Å². The molecule has 0 radical (unpaired) electrons. The predicted octanol–water partition coefficient (Wildman–Crippen LogP) is 3.42. The molecule has 0 saturated carbocycles. The van der Waals surface area contributed by atoms with Gasteiger partial charge < -0.3 is 10.6 Å². The number of benzene rings is 1. The fourth-order valence-electron chi connectivity index (χ4n) is 1.47. The minimum Gasteiger partial charge on any atom is -0.357 e. The van der Waals surface area contributed by atoms with Crippen LogP contribution in [0.3, 0.4) is 0 Å². The van der Waals surface area contributed by atoms with E-state index in [9.17, 15) is 17.6 Å². The van der Waals surface area contributed by atoms with E-state index in [-0.39, 0.29) is 17.5 Å². The third kappa shape index (κ3) is 3.14. The van der Waals surface area contributed by atoms with Crippen molar-refractivity contribution in [2.75, 3.05) is 17.7 Å². The molecule has 20 heavy (non-hydrogen) atoms. The van der Waals surface area contributed by atoms with Gasteiger partial charge in [0.1, 0.15) is 11.6 Å². The summed E-state index contributed by atoms with van der Waals surface area (Å²) in [6.07, 6.45) is -4.61. The Morgan fingerprint density at radius 1 is 1.10 bits per heavy atom. The van der Waals surface area contributed by atoms with Crippen LogP contribution in [0.1, 0.15) is 5.69 Å². The van der Waals surface area contributed by atoms with Gasteiger partial charge in [0.05, 0.1) is 5.69 Å². The predicted molar refractivity (Wildman–Crippen MR) is 66.3 cm³/mol. The molecule has 2 N–H and O–H groups in total. The van der Waals surface area contributed by atoms with E-state index in [0.29, 0.717) is 6.07 Å². The Hall–Kier alpha value is -2.38. The smallest absolute Gasteiger partial charge is 0.357 e. The van der Waals surface area contributed by atoms with Crippen LogP contribution < -0.4 is 10.6 Å². The third-order valence-electron chi connectivity index (χ3n) is 2.38. The molecule has 106 valence electrons. The summed E-state index contributed by atoms with van der Waals surface area (Å²) < 4.78 is 51.5. The summed E-state index contributed by atoms with van der Waals surface area (Å²) in [6, 6.07) is 6.32. The second-order valence-corrected chi connectivity index (χ2v) is 3.81. The molecule has 2 aromatic rings. The average molecular weight is 286 g/mol. The van der Waals surface area contributed by atoms with Crippen molar-refractivity contribution in [2.45, 2.75) is 6.18 Å². The molecule has 0 saturated heterocycles. The van der Waals surface area contributed by atoms with Crippen molar-refractivity contribution >= 4 is 17.5 Å². The van der Waals surface area contributed by atoms with E-state index >= 15 is 0 Å². The Kier molecular flexibility index (Phi) is 3.73. The number of alkyl halides is 3. The Morgan fingerprint density at radius 2 is 1.80 bits per heavy atom. The second kappa shape index (κ2) is 5.32. The van der Waals surface area contributed by atoms with Crippen LogP contribution in [0.25, 0.3) is 0 Å². The molecule has 8 heteroatoms. The van der Waals surface area contributed by atoms with Crippen LogP contribution in [0.15, 0.2) is 30.3 Å². The van der Waals surface area contributed by atoms with Gasteiger partial charge in [-0.15, -0.1) is 0 Å². The number of hydrogen-bond acceptors (Lipinski definition) is 4. The topological polar surface area (TPSA) is 49.8 Å². The number of anilines is 3. The molecule has 0 atom stereocenters. The standard InChI is InChI=1S/C12H10F4N4/c1-17-11-19-9(12(14,15)16)6-10(20-11)18-8-5-3-2-4-7(8)13/h2-6H,1H3,(H2,17,18,19,20). The Bertz CT molecular complexity index is 613. The highest BCUT2D eigenvalue weighted by atomic mass is 19.4. The minimum atomic E-state index is -4.61. The van der Waals surface area contributed by atoms with E-state index in [1.54, 1.807) is 6.07 Å². The van der Waals surface area contributed by atoms with Crippen LogP contribution in [0.2, 0.25) is 0 Å². The monoisotopic (exact) mass is 286 g/mol. The van der Waals surface area contributed by atoms with Gasteiger partial charge in [0.2, 0.25) is 5.95 Å². The zero-order valence-corrected chi connectivity index (χ0v) is 10.3. The molecule has 2 rings (SSSR count). The fourth-order valence-corrected chi connectivity index (χ4v) is 1.47. The summed E-state index contributed by atoms with van der Waals surface area (Å²) in [4.78, 5) is 7.11. The first kappa shape index (κ1) is 14.0. The van der Waals surface area contributed by atoms with E-state index in [0.717, 1.165) is 0 Å². The molecule has 1 aromatic carbocycles. The molecule has 0 spiro atoms. The lowest BCUT2D eigenvalue weighted by atomic mass is 10.3. The molecule has 0 aliphatic heterocycles. The molecule has 0 unspecified atom stereocenters. The van der Waals surface area contributed by atoms with Gasteiger partial charge in [0, 0.05) is 13.1 Å². The number of aromatic nitrogens is 2. The molecule has 0 bridgehead atoms. The van der Waals surface area contributed by atoms with E-state index in [1.165, 1.54) is 25.2 Å². The first-order valence-corrected chi connectivity index (χ1v) is 5.56. The van der Waals surface area contributed by atoms with Gasteiger partial charge in [-0.1, -0.05) is 12.1 Å². The van der Waals surface area contributed by atoms with Crippen LogP contribution in [0.5, 0.6) is 0 Å². The lowest BCUT2D eigenvalue weighted by Gasteiger charge is -2.11. The SMILES string of the molecule is CNc1nc(Nc2ccccc2F)cc(C(F)(F)F)n1. The summed E-state index contributed by atoms with van der Waals surface area (Å²) in [5.74, 6) is -0.953. The molecule has 1 aromatic heterocycles. The molecule has 0 amide bonds. The van der Waals surface area contributed by atoms with E-state index < -0.39 is 17.7 Å². The van der Waals surface area contributed by atoms with Crippen molar-refractivity contribution in [3.63, 3.8) is 0 Å². The highest BCUT2D eigenvalue weighted by molar-refractivity contribution is 5.58. The number of halogens is 4. The molecule has 0 aliphatic rings. The van der Waals surface area contributed by atoms with Gasteiger partial charge in [0.25, 0.3) is 0 Å². The van der Waals surface area contributed by atoms with Gasteiger partial charge in [-0.05, 0) is 12.1 Å². The Morgan fingerprint density at radius 3 is 2.40 bits per heavy atom. The molecule has 4 nitrogen and oxygen atoms in total. The Labute approximate surface area is 111 Å². The fraction of sp³-hybridized carbons (Fsp3) is 0.167. The highest BCUT2D eigenvalue weighted by Crippen LogP contribution is 2.30. The van der Waals surface area contributed by atoms with E-state index in [1.807, 2.05) is 0 Å². The quantitative estimate of drug-likeness (QED) is 0.849. The molecule has 0 fully saturated rings. The van der Waals surface area contributed by atoms with Gasteiger partial charge in [-0.2, -0.15) is 18.2 Å². The number of nitrogens with zero attached hydrogens (tertiary/aromatic N) is 2. The van der Waals surface area contributed by atoms with Crippen LogP contribution in [-0.2, 0) is 6.18 Å². The maximum Gasteiger partial charge on any atom is 0.433 e. The van der Waals surface area contributed by atoms with E-state index in [4.69, 9.17) is 0 Å². The molecular formula is C12H10F4N4. The number of para-hydroxylation sites is 1. The molecule has 1 heterocycles. The van der Waals surface area contributed by atoms with Crippen molar-refractivity contribution in [2.24, 2.45) is 0 Å². The van der Waals surface area contributed by atoms with Gasteiger partial charge >= 0.3 is 6.18 Å². The summed E-state index contributed by atoms with van der Waals surface area (Å²) in [7, 11) is 1.39. The lowest BCUT2D eigenvalue weighted by Crippen LogP contribution is -2.12. The molecular weight excluding hydrogens is 276 g/mol. The largest absolute Gasteiger partial charge is 0.433 e. The van der Waals surface area contributed by atoms with Crippen molar-refractivity contribution in [3.05, 3.63) is 41.8 Å². The van der Waals surface area contributed by atoms with Crippen molar-refractivity contribution in [3.8, 4) is 0 Å². The summed E-state index contributed by atoms with van der Waals surface area (Å²) >= 11 is 0. The summed E-state index contributed by atoms with van der Waals surface area (Å²) in [5, 5.41) is 4.92. The zero-order chi connectivity index (χ0) is 14.8. The van der Waals surface area contributed by atoms with Crippen LogP contribution in [-0.4, -0.2) is 17.0 Å².